The Kier molecular flexibility index (Phi) is 4.76. The molecule has 6 heteroatoms. The lowest BCUT2D eigenvalue weighted by atomic mass is 10.2. The first-order valence-electron chi connectivity index (χ1n) is 5.20. The Balaban J connectivity index is 2.37. The van der Waals surface area contributed by atoms with Gasteiger partial charge in [0.1, 0.15) is 5.82 Å². The molecule has 0 atom stereocenters. The second kappa shape index (κ2) is 6.15. The van der Waals surface area contributed by atoms with Crippen molar-refractivity contribution in [3.05, 3.63) is 61.2 Å². The monoisotopic (exact) mass is 449 g/mol. The summed E-state index contributed by atoms with van der Waals surface area (Å²) in [5.41, 5.74) is 0.535. The van der Waals surface area contributed by atoms with E-state index in [-0.39, 0.29) is 5.56 Å². The minimum Gasteiger partial charge on any atom is -0.320 e. The molecular weight excluding hydrogens is 445 g/mol. The van der Waals surface area contributed by atoms with Crippen molar-refractivity contribution in [2.24, 2.45) is 0 Å². The van der Waals surface area contributed by atoms with Crippen molar-refractivity contribution >= 4 is 59.4 Å². The van der Waals surface area contributed by atoms with Gasteiger partial charge in [0.25, 0.3) is 5.91 Å². The number of anilines is 1. The van der Waals surface area contributed by atoms with Crippen molar-refractivity contribution in [2.75, 3.05) is 5.32 Å². The molecule has 2 rings (SSSR count). The number of rotatable bonds is 2. The van der Waals surface area contributed by atoms with Crippen LogP contribution in [0, 0.1) is 5.82 Å². The third-order valence-electron chi connectivity index (χ3n) is 2.39. The Hall–Kier alpha value is -0.720. The van der Waals surface area contributed by atoms with Crippen LogP contribution in [0.2, 0.25) is 0 Å². The number of para-hydroxylation sites is 1. The minimum atomic E-state index is -0.574. The number of hydrogen-bond donors (Lipinski definition) is 1. The lowest BCUT2D eigenvalue weighted by molar-refractivity contribution is 0.102. The maximum absolute atomic E-state index is 13.7. The average molecular weight is 452 g/mol. The highest BCUT2D eigenvalue weighted by molar-refractivity contribution is 9.11. The summed E-state index contributed by atoms with van der Waals surface area (Å²) < 4.78 is 15.5. The van der Waals surface area contributed by atoms with Gasteiger partial charge in [-0.1, -0.05) is 12.1 Å². The van der Waals surface area contributed by atoms with E-state index >= 15 is 0 Å². The predicted molar refractivity (Wildman–Crippen MR) is 83.9 cm³/mol. The van der Waals surface area contributed by atoms with Crippen molar-refractivity contribution in [2.45, 2.75) is 0 Å². The van der Waals surface area contributed by atoms with Crippen LogP contribution in [0.5, 0.6) is 0 Å². The van der Waals surface area contributed by atoms with Gasteiger partial charge in [0.05, 0.1) is 11.3 Å². The third-order valence-corrected chi connectivity index (χ3v) is 4.37. The van der Waals surface area contributed by atoms with E-state index in [1.165, 1.54) is 12.1 Å². The number of amides is 1. The van der Waals surface area contributed by atoms with Gasteiger partial charge >= 0.3 is 0 Å². The standard InChI is InChI=1S/C13H7Br3FNO/c14-7-3-2-6-10(17)11(7)13(19)18-12-8(15)4-1-5-9(12)16/h1-6H,(H,18,19). The van der Waals surface area contributed by atoms with Gasteiger partial charge in [-0.3, -0.25) is 4.79 Å². The van der Waals surface area contributed by atoms with Gasteiger partial charge < -0.3 is 5.32 Å². The van der Waals surface area contributed by atoms with Crippen molar-refractivity contribution < 1.29 is 9.18 Å². The van der Waals surface area contributed by atoms with Crippen LogP contribution in [0.1, 0.15) is 10.4 Å². The summed E-state index contributed by atoms with van der Waals surface area (Å²) in [6.45, 7) is 0. The van der Waals surface area contributed by atoms with Gasteiger partial charge in [-0.05, 0) is 72.1 Å². The van der Waals surface area contributed by atoms with E-state index in [2.05, 4.69) is 53.1 Å². The van der Waals surface area contributed by atoms with E-state index in [9.17, 15) is 9.18 Å². The molecule has 98 valence electrons. The average Bonchev–Trinajstić information content (AvgIpc) is 2.34. The molecule has 2 aromatic carbocycles. The molecule has 0 radical (unpaired) electrons. The molecule has 0 aliphatic rings. The maximum Gasteiger partial charge on any atom is 0.259 e. The zero-order valence-corrected chi connectivity index (χ0v) is 14.1. The number of benzene rings is 2. The lowest BCUT2D eigenvalue weighted by Crippen LogP contribution is -2.15. The molecule has 0 aromatic heterocycles. The van der Waals surface area contributed by atoms with Gasteiger partial charge in [-0.25, -0.2) is 4.39 Å². The summed E-state index contributed by atoms with van der Waals surface area (Å²) in [6, 6.07) is 9.79. The summed E-state index contributed by atoms with van der Waals surface area (Å²) in [4.78, 5) is 12.1. The van der Waals surface area contributed by atoms with Gasteiger partial charge in [0, 0.05) is 13.4 Å². The van der Waals surface area contributed by atoms with E-state index in [0.29, 0.717) is 19.1 Å². The van der Waals surface area contributed by atoms with Crippen LogP contribution in [-0.2, 0) is 0 Å². The molecule has 1 amide bonds. The number of carbonyl (C=O) groups excluding carboxylic acids is 1. The SMILES string of the molecule is O=C(Nc1c(Br)cccc1Br)c1c(F)cccc1Br. The molecular formula is C13H7Br3FNO. The van der Waals surface area contributed by atoms with Crippen LogP contribution in [-0.4, -0.2) is 5.91 Å². The normalized spacial score (nSPS) is 10.3. The van der Waals surface area contributed by atoms with Gasteiger partial charge in [-0.15, -0.1) is 0 Å². The maximum atomic E-state index is 13.7. The molecule has 1 N–H and O–H groups in total. The van der Waals surface area contributed by atoms with E-state index in [0.717, 1.165) is 0 Å². The van der Waals surface area contributed by atoms with Gasteiger partial charge in [-0.2, -0.15) is 0 Å². The van der Waals surface area contributed by atoms with E-state index in [1.54, 1.807) is 18.2 Å². The second-order valence-electron chi connectivity index (χ2n) is 3.65. The molecule has 2 nitrogen and oxygen atoms in total. The topological polar surface area (TPSA) is 29.1 Å². The third kappa shape index (κ3) is 3.24. The highest BCUT2D eigenvalue weighted by Crippen LogP contribution is 2.31. The fraction of sp³-hybridized carbons (Fsp3) is 0. The molecule has 0 aliphatic heterocycles. The van der Waals surface area contributed by atoms with E-state index < -0.39 is 11.7 Å². The van der Waals surface area contributed by atoms with Crippen molar-refractivity contribution in [1.82, 2.24) is 0 Å². The fourth-order valence-electron chi connectivity index (χ4n) is 1.51. The first-order chi connectivity index (χ1) is 9.00. The molecule has 0 heterocycles. The molecule has 2 aromatic rings. The molecule has 0 spiro atoms. The quantitative estimate of drug-likeness (QED) is 0.653. The zero-order valence-electron chi connectivity index (χ0n) is 9.38. The van der Waals surface area contributed by atoms with Crippen LogP contribution < -0.4 is 5.32 Å². The van der Waals surface area contributed by atoms with Crippen LogP contribution >= 0.6 is 47.8 Å². The lowest BCUT2D eigenvalue weighted by Gasteiger charge is -2.11. The largest absolute Gasteiger partial charge is 0.320 e. The zero-order chi connectivity index (χ0) is 14.0. The van der Waals surface area contributed by atoms with E-state index in [1.807, 2.05) is 6.07 Å². The molecule has 0 bridgehead atoms. The summed E-state index contributed by atoms with van der Waals surface area (Å²) in [6.07, 6.45) is 0. The molecule has 19 heavy (non-hydrogen) atoms. The molecule has 0 unspecified atom stereocenters. The highest BCUT2D eigenvalue weighted by Gasteiger charge is 2.17. The van der Waals surface area contributed by atoms with Crippen LogP contribution in [0.15, 0.2) is 49.8 Å². The highest BCUT2D eigenvalue weighted by atomic mass is 79.9. The molecule has 0 saturated carbocycles. The summed E-state index contributed by atoms with van der Waals surface area (Å²) in [5, 5.41) is 2.67. The summed E-state index contributed by atoms with van der Waals surface area (Å²) >= 11 is 9.84. The predicted octanol–water partition coefficient (Wildman–Crippen LogP) is 5.37. The first-order valence-corrected chi connectivity index (χ1v) is 7.58. The van der Waals surface area contributed by atoms with Gasteiger partial charge in [0.2, 0.25) is 0 Å². The van der Waals surface area contributed by atoms with Crippen LogP contribution in [0.3, 0.4) is 0 Å². The molecule has 0 saturated heterocycles. The number of halogens is 4. The van der Waals surface area contributed by atoms with Crippen molar-refractivity contribution in [3.63, 3.8) is 0 Å². The Morgan fingerprint density at radius 3 is 2.05 bits per heavy atom. The Morgan fingerprint density at radius 1 is 0.947 bits per heavy atom. The summed E-state index contributed by atoms with van der Waals surface area (Å²) in [7, 11) is 0. The van der Waals surface area contributed by atoms with Crippen LogP contribution in [0.25, 0.3) is 0 Å². The number of hydrogen-bond acceptors (Lipinski definition) is 1. The molecule has 0 aliphatic carbocycles. The van der Waals surface area contributed by atoms with Gasteiger partial charge in [0.15, 0.2) is 0 Å². The fourth-order valence-corrected chi connectivity index (χ4v) is 3.23. The number of nitrogens with one attached hydrogen (secondary N) is 1. The van der Waals surface area contributed by atoms with Crippen molar-refractivity contribution in [3.8, 4) is 0 Å². The van der Waals surface area contributed by atoms with E-state index in [4.69, 9.17) is 0 Å². The number of carbonyl (C=O) groups is 1. The Labute approximate surface area is 134 Å². The molecule has 0 fully saturated rings. The smallest absolute Gasteiger partial charge is 0.259 e. The Morgan fingerprint density at radius 2 is 1.47 bits per heavy atom. The summed E-state index contributed by atoms with van der Waals surface area (Å²) in [5.74, 6) is -1.09. The second-order valence-corrected chi connectivity index (χ2v) is 6.21. The van der Waals surface area contributed by atoms with Crippen LogP contribution in [0.4, 0.5) is 10.1 Å². The minimum absolute atomic E-state index is 0.0230. The first kappa shape index (κ1) is 14.7. The van der Waals surface area contributed by atoms with Crippen molar-refractivity contribution in [1.29, 1.82) is 0 Å². The Bertz CT molecular complexity index is 605.